The number of carbonyl (C=O) groups excluding carboxylic acids is 1. The van der Waals surface area contributed by atoms with Gasteiger partial charge in [-0.25, -0.2) is 14.4 Å². The van der Waals surface area contributed by atoms with Crippen LogP contribution in [0.2, 0.25) is 0 Å². The lowest BCUT2D eigenvalue weighted by atomic mass is 9.89. The molecule has 1 fully saturated rings. The quantitative estimate of drug-likeness (QED) is 0.412. The second-order valence-corrected chi connectivity index (χ2v) is 8.37. The van der Waals surface area contributed by atoms with E-state index in [1.165, 1.54) is 44.2 Å². The van der Waals surface area contributed by atoms with Crippen molar-refractivity contribution < 1.29 is 23.4 Å². The average molecular weight is 496 g/mol. The van der Waals surface area contributed by atoms with Crippen LogP contribution in [0.4, 0.5) is 16.0 Å². The van der Waals surface area contributed by atoms with Crippen molar-refractivity contribution >= 4 is 17.5 Å². The second kappa shape index (κ2) is 11.7. The van der Waals surface area contributed by atoms with Crippen LogP contribution in [0.5, 0.6) is 17.2 Å². The predicted molar refractivity (Wildman–Crippen MR) is 134 cm³/mol. The van der Waals surface area contributed by atoms with Gasteiger partial charge in [0.1, 0.15) is 12.4 Å². The van der Waals surface area contributed by atoms with Crippen LogP contribution >= 0.6 is 0 Å². The van der Waals surface area contributed by atoms with Gasteiger partial charge in [-0.05, 0) is 55.6 Å². The molecule has 36 heavy (non-hydrogen) atoms. The molecule has 1 aliphatic heterocycles. The molecule has 1 saturated heterocycles. The van der Waals surface area contributed by atoms with Crippen molar-refractivity contribution in [1.29, 1.82) is 0 Å². The zero-order valence-electron chi connectivity index (χ0n) is 20.6. The molecule has 1 amide bonds. The van der Waals surface area contributed by atoms with Gasteiger partial charge in [0.05, 0.1) is 26.6 Å². The fourth-order valence-electron chi connectivity index (χ4n) is 4.19. The van der Waals surface area contributed by atoms with E-state index < -0.39 is 5.82 Å². The van der Waals surface area contributed by atoms with Crippen molar-refractivity contribution in [1.82, 2.24) is 20.6 Å². The lowest BCUT2D eigenvalue weighted by Gasteiger charge is -2.25. The Labute approximate surface area is 209 Å². The van der Waals surface area contributed by atoms with E-state index in [0.717, 1.165) is 37.4 Å². The highest BCUT2D eigenvalue weighted by Gasteiger charge is 2.19. The topological polar surface area (TPSA) is 107 Å². The van der Waals surface area contributed by atoms with Gasteiger partial charge in [-0.15, -0.1) is 0 Å². The Morgan fingerprint density at radius 2 is 1.81 bits per heavy atom. The second-order valence-electron chi connectivity index (χ2n) is 8.37. The fourth-order valence-corrected chi connectivity index (χ4v) is 4.19. The molecular formula is C26H30FN5O4. The van der Waals surface area contributed by atoms with Gasteiger partial charge < -0.3 is 30.2 Å². The lowest BCUT2D eigenvalue weighted by molar-refractivity contribution is 0.0962. The number of hydrogen-bond acceptors (Lipinski definition) is 8. The summed E-state index contributed by atoms with van der Waals surface area (Å²) in [6.45, 7) is 1.89. The lowest BCUT2D eigenvalue weighted by Crippen LogP contribution is -2.26. The van der Waals surface area contributed by atoms with Crippen LogP contribution in [0.25, 0.3) is 0 Å². The first-order chi connectivity index (χ1) is 17.5. The normalized spacial score (nSPS) is 13.7. The van der Waals surface area contributed by atoms with Crippen molar-refractivity contribution in [3.63, 3.8) is 0 Å². The number of piperidine rings is 1. The van der Waals surface area contributed by atoms with Crippen molar-refractivity contribution in [3.05, 3.63) is 65.2 Å². The van der Waals surface area contributed by atoms with E-state index in [1.54, 1.807) is 7.11 Å². The summed E-state index contributed by atoms with van der Waals surface area (Å²) in [5.41, 5.74) is 2.46. The molecule has 2 aromatic carbocycles. The van der Waals surface area contributed by atoms with Crippen LogP contribution in [0.3, 0.4) is 0 Å². The number of hydrogen-bond donors (Lipinski definition) is 3. The molecular weight excluding hydrogens is 465 g/mol. The molecule has 3 aromatic rings. The maximum absolute atomic E-state index is 14.6. The Balaban J connectivity index is 1.42. The van der Waals surface area contributed by atoms with E-state index in [-0.39, 0.29) is 29.4 Å². The highest BCUT2D eigenvalue weighted by molar-refractivity contribution is 5.94. The summed E-state index contributed by atoms with van der Waals surface area (Å²) < 4.78 is 31.0. The Hall–Kier alpha value is -3.92. The van der Waals surface area contributed by atoms with Crippen molar-refractivity contribution in [2.24, 2.45) is 0 Å². The molecule has 10 heteroatoms. The highest BCUT2D eigenvalue weighted by Crippen LogP contribution is 2.35. The Kier molecular flexibility index (Phi) is 8.17. The predicted octanol–water partition coefficient (Wildman–Crippen LogP) is 3.78. The number of carbonyl (C=O) groups is 1. The highest BCUT2D eigenvalue weighted by atomic mass is 19.1. The van der Waals surface area contributed by atoms with E-state index in [2.05, 4.69) is 32.0 Å². The van der Waals surface area contributed by atoms with Crippen molar-refractivity contribution in [3.8, 4) is 17.2 Å². The summed E-state index contributed by atoms with van der Waals surface area (Å²) in [4.78, 5) is 20.6. The molecule has 0 unspecified atom stereocenters. The monoisotopic (exact) mass is 495 g/mol. The Morgan fingerprint density at radius 1 is 1.08 bits per heavy atom. The van der Waals surface area contributed by atoms with Gasteiger partial charge in [-0.1, -0.05) is 6.07 Å². The van der Waals surface area contributed by atoms with E-state index in [0.29, 0.717) is 17.6 Å². The van der Waals surface area contributed by atoms with E-state index in [1.807, 2.05) is 12.1 Å². The number of ether oxygens (including phenoxy) is 3. The van der Waals surface area contributed by atoms with Crippen LogP contribution in [-0.2, 0) is 6.61 Å². The van der Waals surface area contributed by atoms with Gasteiger partial charge in [-0.2, -0.15) is 0 Å². The minimum Gasteiger partial charge on any atom is -0.496 e. The number of methoxy groups -OCH3 is 2. The van der Waals surface area contributed by atoms with E-state index in [9.17, 15) is 9.18 Å². The Bertz CT molecular complexity index is 1200. The standard InChI is InChI=1S/C26H30FN5O4/c1-28-25(33)17-10-18(24(27)23(11-17)35-3)15-36-20-13-30-26(31-14-20)32-19-4-5-21(22(12-19)34-2)16-6-8-29-9-7-16/h4-5,10-14,16,29H,6-9,15H2,1-3H3,(H,28,33)(H,30,31,32). The van der Waals surface area contributed by atoms with Crippen LogP contribution < -0.4 is 30.2 Å². The van der Waals surface area contributed by atoms with Crippen LogP contribution in [-0.4, -0.2) is 50.2 Å². The van der Waals surface area contributed by atoms with Crippen LogP contribution in [0.1, 0.15) is 40.2 Å². The SMILES string of the molecule is CNC(=O)c1cc(COc2cnc(Nc3ccc(C4CCNCC4)c(OC)c3)nc2)c(F)c(OC)c1. The summed E-state index contributed by atoms with van der Waals surface area (Å²) in [6.07, 6.45) is 5.16. The third kappa shape index (κ3) is 5.83. The average Bonchev–Trinajstić information content (AvgIpc) is 2.93. The minimum absolute atomic E-state index is 0.0351. The molecule has 4 rings (SSSR count). The first kappa shape index (κ1) is 25.2. The van der Waals surface area contributed by atoms with E-state index >= 15 is 0 Å². The molecule has 0 atom stereocenters. The largest absolute Gasteiger partial charge is 0.496 e. The molecule has 0 spiro atoms. The summed E-state index contributed by atoms with van der Waals surface area (Å²) in [5.74, 6) is 1.07. The molecule has 1 aliphatic rings. The summed E-state index contributed by atoms with van der Waals surface area (Å²) in [5, 5.41) is 9.07. The number of anilines is 2. The number of benzene rings is 2. The maximum atomic E-state index is 14.6. The number of amides is 1. The number of nitrogens with one attached hydrogen (secondary N) is 3. The van der Waals surface area contributed by atoms with Crippen molar-refractivity contribution in [2.75, 3.05) is 39.7 Å². The third-order valence-electron chi connectivity index (χ3n) is 6.11. The van der Waals surface area contributed by atoms with Gasteiger partial charge >= 0.3 is 0 Å². The number of halogens is 1. The van der Waals surface area contributed by atoms with E-state index in [4.69, 9.17) is 14.2 Å². The third-order valence-corrected chi connectivity index (χ3v) is 6.11. The molecule has 9 nitrogen and oxygen atoms in total. The number of nitrogens with zero attached hydrogens (tertiary/aromatic N) is 2. The smallest absolute Gasteiger partial charge is 0.251 e. The molecule has 0 radical (unpaired) electrons. The summed E-state index contributed by atoms with van der Waals surface area (Å²) in [7, 11) is 4.52. The molecule has 190 valence electrons. The molecule has 0 bridgehead atoms. The zero-order chi connectivity index (χ0) is 25.5. The van der Waals surface area contributed by atoms with Crippen LogP contribution in [0, 0.1) is 5.82 Å². The molecule has 1 aromatic heterocycles. The fraction of sp³-hybridized carbons (Fsp3) is 0.346. The van der Waals surface area contributed by atoms with Crippen LogP contribution in [0.15, 0.2) is 42.7 Å². The Morgan fingerprint density at radius 3 is 2.47 bits per heavy atom. The van der Waals surface area contributed by atoms with Gasteiger partial charge in [-0.3, -0.25) is 4.79 Å². The summed E-state index contributed by atoms with van der Waals surface area (Å²) >= 11 is 0. The summed E-state index contributed by atoms with van der Waals surface area (Å²) in [6, 6.07) is 8.79. The van der Waals surface area contributed by atoms with Gasteiger partial charge in [0.15, 0.2) is 17.3 Å². The van der Waals surface area contributed by atoms with Gasteiger partial charge in [0.25, 0.3) is 5.91 Å². The number of rotatable bonds is 9. The van der Waals surface area contributed by atoms with Gasteiger partial charge in [0, 0.05) is 29.9 Å². The minimum atomic E-state index is -0.591. The van der Waals surface area contributed by atoms with Gasteiger partial charge in [0.2, 0.25) is 5.95 Å². The first-order valence-electron chi connectivity index (χ1n) is 11.7. The molecule has 2 heterocycles. The molecule has 0 saturated carbocycles. The zero-order valence-corrected chi connectivity index (χ0v) is 20.6. The number of aromatic nitrogens is 2. The maximum Gasteiger partial charge on any atom is 0.251 e. The van der Waals surface area contributed by atoms with Crippen molar-refractivity contribution in [2.45, 2.75) is 25.4 Å². The molecule has 3 N–H and O–H groups in total. The first-order valence-corrected chi connectivity index (χ1v) is 11.7. The molecule has 0 aliphatic carbocycles.